The van der Waals surface area contributed by atoms with E-state index in [0.29, 0.717) is 50.2 Å². The summed E-state index contributed by atoms with van der Waals surface area (Å²) in [4.78, 5) is 25.6. The number of nitrogens with one attached hydrogen (secondary N) is 1. The molecule has 214 valence electrons. The first-order chi connectivity index (χ1) is 19.7. The standard InChI is InChI=1S/C29H29ClN4O5S2/c1-6-11-34-23(14-39-21-12-17(2)26(30)18(3)13-21)32-33-29(34)41-16-24(35)31-27-25(28(36)38-5)22(15-40-27)19-7-9-20(37-4)10-8-19/h6-10,12-13,15H,1,11,14,16H2,2-5H3,(H,31,35). The van der Waals surface area contributed by atoms with Crippen LogP contribution in [0.25, 0.3) is 11.1 Å². The fourth-order valence-corrected chi connectivity index (χ4v) is 5.86. The van der Waals surface area contributed by atoms with Crippen molar-refractivity contribution in [1.29, 1.82) is 0 Å². The lowest BCUT2D eigenvalue weighted by Gasteiger charge is -2.11. The Morgan fingerprint density at radius 1 is 1.12 bits per heavy atom. The minimum absolute atomic E-state index is 0.0437. The van der Waals surface area contributed by atoms with Gasteiger partial charge in [-0.1, -0.05) is 41.6 Å². The quantitative estimate of drug-likeness (QED) is 0.109. The van der Waals surface area contributed by atoms with Gasteiger partial charge in [0.1, 0.15) is 28.7 Å². The van der Waals surface area contributed by atoms with Gasteiger partial charge in [0.2, 0.25) is 5.91 Å². The van der Waals surface area contributed by atoms with E-state index in [9.17, 15) is 9.59 Å². The summed E-state index contributed by atoms with van der Waals surface area (Å²) < 4.78 is 18.0. The topological polar surface area (TPSA) is 105 Å². The van der Waals surface area contributed by atoms with Crippen LogP contribution in [0.2, 0.25) is 5.02 Å². The van der Waals surface area contributed by atoms with Crippen molar-refractivity contribution in [3.63, 3.8) is 0 Å². The third-order valence-electron chi connectivity index (χ3n) is 6.05. The molecule has 4 rings (SSSR count). The molecule has 41 heavy (non-hydrogen) atoms. The molecule has 0 atom stereocenters. The van der Waals surface area contributed by atoms with Gasteiger partial charge in [0.05, 0.1) is 20.0 Å². The van der Waals surface area contributed by atoms with E-state index in [1.807, 2.05) is 48.1 Å². The SMILES string of the molecule is C=CCn1c(COc2cc(C)c(Cl)c(C)c2)nnc1SCC(=O)Nc1scc(-c2ccc(OC)cc2)c1C(=O)OC. The molecule has 0 unspecified atom stereocenters. The Morgan fingerprint density at radius 3 is 2.46 bits per heavy atom. The van der Waals surface area contributed by atoms with Gasteiger partial charge in [-0.25, -0.2) is 4.79 Å². The highest BCUT2D eigenvalue weighted by atomic mass is 35.5. The molecule has 2 aromatic heterocycles. The van der Waals surface area contributed by atoms with Crippen molar-refractivity contribution < 1.29 is 23.8 Å². The van der Waals surface area contributed by atoms with Gasteiger partial charge >= 0.3 is 5.97 Å². The molecular formula is C29H29ClN4O5S2. The Morgan fingerprint density at radius 2 is 1.83 bits per heavy atom. The zero-order chi connectivity index (χ0) is 29.5. The lowest BCUT2D eigenvalue weighted by molar-refractivity contribution is -0.113. The molecule has 0 aliphatic heterocycles. The number of halogens is 1. The number of hydrogen-bond acceptors (Lipinski definition) is 9. The van der Waals surface area contributed by atoms with Gasteiger partial charge in [-0.05, 0) is 54.8 Å². The average Bonchev–Trinajstić information content (AvgIpc) is 3.57. The first-order valence-corrected chi connectivity index (χ1v) is 14.7. The number of thioether (sulfide) groups is 1. The van der Waals surface area contributed by atoms with Crippen LogP contribution in [0.4, 0.5) is 5.00 Å². The number of methoxy groups -OCH3 is 2. The van der Waals surface area contributed by atoms with Crippen molar-refractivity contribution >= 4 is 51.6 Å². The van der Waals surface area contributed by atoms with Crippen LogP contribution in [0.15, 0.2) is 59.6 Å². The summed E-state index contributed by atoms with van der Waals surface area (Å²) in [5.41, 5.74) is 3.60. The van der Waals surface area contributed by atoms with Crippen molar-refractivity contribution in [2.45, 2.75) is 32.2 Å². The Balaban J connectivity index is 1.45. The van der Waals surface area contributed by atoms with Crippen LogP contribution in [0.3, 0.4) is 0 Å². The zero-order valence-electron chi connectivity index (χ0n) is 23.0. The Hall–Kier alpha value is -3.80. The number of ether oxygens (including phenoxy) is 3. The molecule has 0 spiro atoms. The molecule has 0 fully saturated rings. The minimum atomic E-state index is -0.540. The van der Waals surface area contributed by atoms with E-state index in [4.69, 9.17) is 25.8 Å². The molecular weight excluding hydrogens is 584 g/mol. The van der Waals surface area contributed by atoms with Crippen LogP contribution in [0, 0.1) is 13.8 Å². The van der Waals surface area contributed by atoms with Gasteiger partial charge in [-0.2, -0.15) is 0 Å². The van der Waals surface area contributed by atoms with E-state index in [2.05, 4.69) is 22.1 Å². The molecule has 1 N–H and O–H groups in total. The number of rotatable bonds is 12. The molecule has 2 heterocycles. The molecule has 12 heteroatoms. The average molecular weight is 613 g/mol. The largest absolute Gasteiger partial charge is 0.497 e. The minimum Gasteiger partial charge on any atom is -0.497 e. The van der Waals surface area contributed by atoms with Crippen LogP contribution < -0.4 is 14.8 Å². The fraction of sp³-hybridized carbons (Fsp3) is 0.241. The number of esters is 1. The highest BCUT2D eigenvalue weighted by molar-refractivity contribution is 7.99. The number of hydrogen-bond donors (Lipinski definition) is 1. The summed E-state index contributed by atoms with van der Waals surface area (Å²) in [6, 6.07) is 11.0. The number of carbonyl (C=O) groups excluding carboxylic acids is 2. The second-order valence-corrected chi connectivity index (χ2v) is 11.1. The van der Waals surface area contributed by atoms with Crippen LogP contribution in [0.5, 0.6) is 11.5 Å². The van der Waals surface area contributed by atoms with E-state index in [1.54, 1.807) is 25.3 Å². The first-order valence-electron chi connectivity index (χ1n) is 12.4. The normalized spacial score (nSPS) is 10.8. The van der Waals surface area contributed by atoms with E-state index in [1.165, 1.54) is 30.2 Å². The second-order valence-electron chi connectivity index (χ2n) is 8.87. The van der Waals surface area contributed by atoms with Crippen LogP contribution in [-0.4, -0.2) is 46.6 Å². The van der Waals surface area contributed by atoms with Crippen molar-refractivity contribution in [2.75, 3.05) is 25.3 Å². The summed E-state index contributed by atoms with van der Waals surface area (Å²) >= 11 is 8.74. The van der Waals surface area contributed by atoms with E-state index in [-0.39, 0.29) is 18.3 Å². The predicted octanol–water partition coefficient (Wildman–Crippen LogP) is 6.57. The van der Waals surface area contributed by atoms with Crippen molar-refractivity contribution in [1.82, 2.24) is 14.8 Å². The number of nitrogens with zero attached hydrogens (tertiary/aromatic N) is 3. The highest BCUT2D eigenvalue weighted by Crippen LogP contribution is 2.37. The summed E-state index contributed by atoms with van der Waals surface area (Å²) in [6.45, 7) is 8.29. The maximum atomic E-state index is 12.9. The van der Waals surface area contributed by atoms with Crippen LogP contribution in [0.1, 0.15) is 27.3 Å². The van der Waals surface area contributed by atoms with Gasteiger partial charge in [0.15, 0.2) is 11.0 Å². The summed E-state index contributed by atoms with van der Waals surface area (Å²) in [7, 11) is 2.89. The van der Waals surface area contributed by atoms with Crippen LogP contribution in [-0.2, 0) is 22.7 Å². The lowest BCUT2D eigenvalue weighted by atomic mass is 10.0. The third-order valence-corrected chi connectivity index (χ3v) is 8.51. The lowest BCUT2D eigenvalue weighted by Crippen LogP contribution is -2.16. The van der Waals surface area contributed by atoms with E-state index < -0.39 is 5.97 Å². The predicted molar refractivity (Wildman–Crippen MR) is 162 cm³/mol. The fourth-order valence-electron chi connectivity index (χ4n) is 4.01. The Kier molecular flexibility index (Phi) is 10.1. The Labute approximate surface area is 251 Å². The number of amides is 1. The van der Waals surface area contributed by atoms with Gasteiger partial charge in [0.25, 0.3) is 0 Å². The smallest absolute Gasteiger partial charge is 0.341 e. The number of thiophene rings is 1. The van der Waals surface area contributed by atoms with Gasteiger partial charge < -0.3 is 19.5 Å². The summed E-state index contributed by atoms with van der Waals surface area (Å²) in [6.07, 6.45) is 1.72. The summed E-state index contributed by atoms with van der Waals surface area (Å²) in [5.74, 6) is 1.17. The van der Waals surface area contributed by atoms with Crippen molar-refractivity contribution in [3.05, 3.63) is 82.0 Å². The number of aryl methyl sites for hydroxylation is 2. The molecule has 0 bridgehead atoms. The van der Waals surface area contributed by atoms with Gasteiger partial charge in [-0.3, -0.25) is 9.36 Å². The number of allylic oxidation sites excluding steroid dienone is 1. The molecule has 4 aromatic rings. The number of anilines is 1. The number of aromatic nitrogens is 3. The molecule has 0 aliphatic rings. The van der Waals surface area contributed by atoms with E-state index >= 15 is 0 Å². The molecule has 0 saturated carbocycles. The first kappa shape index (κ1) is 30.2. The molecule has 2 aromatic carbocycles. The van der Waals surface area contributed by atoms with Crippen molar-refractivity contribution in [2.24, 2.45) is 0 Å². The number of benzene rings is 2. The summed E-state index contributed by atoms with van der Waals surface area (Å²) in [5, 5.41) is 14.8. The molecule has 0 radical (unpaired) electrons. The monoisotopic (exact) mass is 612 g/mol. The molecule has 0 saturated heterocycles. The van der Waals surface area contributed by atoms with Crippen molar-refractivity contribution in [3.8, 4) is 22.6 Å². The molecule has 9 nitrogen and oxygen atoms in total. The Bertz CT molecular complexity index is 1540. The molecule has 1 amide bonds. The zero-order valence-corrected chi connectivity index (χ0v) is 25.4. The van der Waals surface area contributed by atoms with Gasteiger partial charge in [-0.15, -0.1) is 28.1 Å². The second kappa shape index (κ2) is 13.7. The maximum Gasteiger partial charge on any atom is 0.341 e. The maximum absolute atomic E-state index is 12.9. The van der Waals surface area contributed by atoms with Gasteiger partial charge in [0, 0.05) is 22.5 Å². The third kappa shape index (κ3) is 7.10. The van der Waals surface area contributed by atoms with E-state index in [0.717, 1.165) is 16.7 Å². The highest BCUT2D eigenvalue weighted by Gasteiger charge is 2.23. The van der Waals surface area contributed by atoms with Crippen LogP contribution >= 0.6 is 34.7 Å². The number of carbonyl (C=O) groups is 2. The molecule has 0 aliphatic carbocycles.